The number of amides is 1. The normalized spacial score (nSPS) is 20.9. The van der Waals surface area contributed by atoms with Gasteiger partial charge in [-0.25, -0.2) is 0 Å². The van der Waals surface area contributed by atoms with Crippen molar-refractivity contribution in [2.24, 2.45) is 0 Å². The van der Waals surface area contributed by atoms with E-state index in [0.29, 0.717) is 38.3 Å². The summed E-state index contributed by atoms with van der Waals surface area (Å²) < 4.78 is 38.6. The van der Waals surface area contributed by atoms with Crippen LogP contribution in [0.2, 0.25) is 0 Å². The zero-order chi connectivity index (χ0) is 19.3. The highest BCUT2D eigenvalue weighted by molar-refractivity contribution is 8.77. The van der Waals surface area contributed by atoms with Gasteiger partial charge in [0.05, 0.1) is 5.56 Å². The minimum absolute atomic E-state index is 0.173. The molecule has 0 aliphatic carbocycles. The first-order valence-electron chi connectivity index (χ1n) is 9.42. The second kappa shape index (κ2) is 9.45. The van der Waals surface area contributed by atoms with Crippen molar-refractivity contribution in [3.8, 4) is 0 Å². The maximum atomic E-state index is 12.9. The third kappa shape index (κ3) is 5.98. The number of piperazine rings is 1. The predicted octanol–water partition coefficient (Wildman–Crippen LogP) is 5.07. The van der Waals surface area contributed by atoms with Crippen LogP contribution in [0.3, 0.4) is 0 Å². The first kappa shape index (κ1) is 20.7. The number of carbonyl (C=O) groups excluding carboxylic acids is 1. The molecule has 0 radical (unpaired) electrons. The van der Waals surface area contributed by atoms with Crippen molar-refractivity contribution in [2.45, 2.75) is 43.5 Å². The summed E-state index contributed by atoms with van der Waals surface area (Å²) in [7, 11) is 3.92. The Labute approximate surface area is 166 Å². The standard InChI is InChI=1S/C19H25F3N2OS2/c20-19(21,22)15-4-3-5-16(14-15)23-9-11-24(12-10-23)18(25)7-2-1-6-17-8-13-26-27-17/h3-5,14,17H,1-2,6-13H2. The summed E-state index contributed by atoms with van der Waals surface area (Å²) in [5, 5.41) is 0.751. The van der Waals surface area contributed by atoms with Gasteiger partial charge in [0.15, 0.2) is 0 Å². The van der Waals surface area contributed by atoms with Gasteiger partial charge in [0.1, 0.15) is 0 Å². The van der Waals surface area contributed by atoms with Gasteiger partial charge in [-0.15, -0.1) is 0 Å². The molecule has 0 aromatic heterocycles. The van der Waals surface area contributed by atoms with Crippen LogP contribution < -0.4 is 4.90 Å². The maximum Gasteiger partial charge on any atom is 0.416 e. The quantitative estimate of drug-likeness (QED) is 0.475. The molecule has 2 saturated heterocycles. The lowest BCUT2D eigenvalue weighted by Crippen LogP contribution is -2.48. The molecule has 0 spiro atoms. The van der Waals surface area contributed by atoms with E-state index in [-0.39, 0.29) is 5.91 Å². The molecule has 3 nitrogen and oxygen atoms in total. The van der Waals surface area contributed by atoms with Crippen molar-refractivity contribution in [3.05, 3.63) is 29.8 Å². The van der Waals surface area contributed by atoms with Crippen molar-refractivity contribution in [2.75, 3.05) is 36.8 Å². The average Bonchev–Trinajstić information content (AvgIpc) is 3.18. The van der Waals surface area contributed by atoms with Gasteiger partial charge in [-0.05, 0) is 37.5 Å². The van der Waals surface area contributed by atoms with Crippen LogP contribution in [0, 0.1) is 0 Å². The number of unbranched alkanes of at least 4 members (excludes halogenated alkanes) is 1. The number of alkyl halides is 3. The number of hydrogen-bond acceptors (Lipinski definition) is 4. The van der Waals surface area contributed by atoms with Crippen LogP contribution in [0.5, 0.6) is 0 Å². The summed E-state index contributed by atoms with van der Waals surface area (Å²) >= 11 is 0. The second-order valence-corrected chi connectivity index (χ2v) is 9.78. The highest BCUT2D eigenvalue weighted by Crippen LogP contribution is 2.40. The highest BCUT2D eigenvalue weighted by atomic mass is 33.1. The zero-order valence-electron chi connectivity index (χ0n) is 15.2. The smallest absolute Gasteiger partial charge is 0.368 e. The van der Waals surface area contributed by atoms with Crippen LogP contribution in [0.25, 0.3) is 0 Å². The highest BCUT2D eigenvalue weighted by Gasteiger charge is 2.31. The van der Waals surface area contributed by atoms with Crippen molar-refractivity contribution in [1.29, 1.82) is 0 Å². The molecule has 27 heavy (non-hydrogen) atoms. The molecule has 0 bridgehead atoms. The van der Waals surface area contributed by atoms with Gasteiger partial charge in [0, 0.05) is 49.3 Å². The van der Waals surface area contributed by atoms with E-state index in [4.69, 9.17) is 0 Å². The molecular formula is C19H25F3N2OS2. The molecule has 3 rings (SSSR count). The fourth-order valence-electron chi connectivity index (χ4n) is 3.46. The summed E-state index contributed by atoms with van der Waals surface area (Å²) in [5.74, 6) is 1.41. The number of benzene rings is 1. The lowest BCUT2D eigenvalue weighted by Gasteiger charge is -2.36. The summed E-state index contributed by atoms with van der Waals surface area (Å²) in [4.78, 5) is 16.1. The minimum atomic E-state index is -4.33. The molecule has 0 saturated carbocycles. The number of nitrogens with zero attached hydrogens (tertiary/aromatic N) is 2. The second-order valence-electron chi connectivity index (χ2n) is 6.99. The third-order valence-corrected chi connectivity index (χ3v) is 8.07. The lowest BCUT2D eigenvalue weighted by molar-refractivity contribution is -0.137. The van der Waals surface area contributed by atoms with E-state index in [9.17, 15) is 18.0 Å². The van der Waals surface area contributed by atoms with E-state index >= 15 is 0 Å². The van der Waals surface area contributed by atoms with Gasteiger partial charge < -0.3 is 9.80 Å². The summed E-state index contributed by atoms with van der Waals surface area (Å²) in [6, 6.07) is 5.42. The van der Waals surface area contributed by atoms with Crippen molar-refractivity contribution in [3.63, 3.8) is 0 Å². The Hall–Kier alpha value is -1.02. The average molecular weight is 419 g/mol. The van der Waals surface area contributed by atoms with Crippen LogP contribution in [0.1, 0.15) is 37.7 Å². The fraction of sp³-hybridized carbons (Fsp3) is 0.632. The molecular weight excluding hydrogens is 393 g/mol. The molecule has 2 aliphatic heterocycles. The Balaban J connectivity index is 1.41. The van der Waals surface area contributed by atoms with Gasteiger partial charge in [-0.1, -0.05) is 34.1 Å². The maximum absolute atomic E-state index is 12.9. The summed E-state index contributed by atoms with van der Waals surface area (Å²) in [6.45, 7) is 2.29. The Morgan fingerprint density at radius 3 is 2.59 bits per heavy atom. The SMILES string of the molecule is O=C(CCCCC1CCSS1)N1CCN(c2cccc(C(F)(F)F)c2)CC1. The number of hydrogen-bond donors (Lipinski definition) is 0. The first-order valence-corrected chi connectivity index (χ1v) is 11.8. The van der Waals surface area contributed by atoms with E-state index in [1.54, 1.807) is 6.07 Å². The van der Waals surface area contributed by atoms with E-state index < -0.39 is 11.7 Å². The van der Waals surface area contributed by atoms with Crippen molar-refractivity contribution < 1.29 is 18.0 Å². The van der Waals surface area contributed by atoms with E-state index in [2.05, 4.69) is 0 Å². The van der Waals surface area contributed by atoms with Gasteiger partial charge in [0.25, 0.3) is 0 Å². The Bertz CT molecular complexity index is 628. The molecule has 150 valence electrons. The minimum Gasteiger partial charge on any atom is -0.368 e. The Kier molecular flexibility index (Phi) is 7.25. The molecule has 1 amide bonds. The molecule has 1 aromatic carbocycles. The van der Waals surface area contributed by atoms with Crippen LogP contribution in [-0.4, -0.2) is 48.0 Å². The number of carbonyl (C=O) groups is 1. The van der Waals surface area contributed by atoms with Gasteiger partial charge in [-0.2, -0.15) is 13.2 Å². The fourth-order valence-corrected chi connectivity index (χ4v) is 6.49. The van der Waals surface area contributed by atoms with E-state index in [1.807, 2.05) is 31.4 Å². The Morgan fingerprint density at radius 2 is 1.93 bits per heavy atom. The number of anilines is 1. The van der Waals surface area contributed by atoms with Gasteiger partial charge >= 0.3 is 6.18 Å². The summed E-state index contributed by atoms with van der Waals surface area (Å²) in [6.07, 6.45) is 0.731. The Morgan fingerprint density at radius 1 is 1.15 bits per heavy atom. The first-order chi connectivity index (χ1) is 12.9. The summed E-state index contributed by atoms with van der Waals surface area (Å²) in [5.41, 5.74) is -0.0545. The van der Waals surface area contributed by atoms with Crippen LogP contribution in [0.4, 0.5) is 18.9 Å². The monoisotopic (exact) mass is 418 g/mol. The molecule has 2 heterocycles. The largest absolute Gasteiger partial charge is 0.416 e. The predicted molar refractivity (Wildman–Crippen MR) is 107 cm³/mol. The van der Waals surface area contributed by atoms with Crippen molar-refractivity contribution in [1.82, 2.24) is 4.90 Å². The van der Waals surface area contributed by atoms with Crippen LogP contribution >= 0.6 is 21.6 Å². The molecule has 0 N–H and O–H groups in total. The molecule has 1 unspecified atom stereocenters. The number of halogens is 3. The molecule has 2 aliphatic rings. The van der Waals surface area contributed by atoms with Crippen LogP contribution in [0.15, 0.2) is 24.3 Å². The van der Waals surface area contributed by atoms with Crippen LogP contribution in [-0.2, 0) is 11.0 Å². The van der Waals surface area contributed by atoms with Crippen molar-refractivity contribution >= 4 is 33.2 Å². The van der Waals surface area contributed by atoms with Gasteiger partial charge in [0.2, 0.25) is 5.91 Å². The lowest BCUT2D eigenvalue weighted by atomic mass is 10.1. The third-order valence-electron chi connectivity index (χ3n) is 5.07. The van der Waals surface area contributed by atoms with E-state index in [1.165, 1.54) is 30.7 Å². The molecule has 8 heteroatoms. The topological polar surface area (TPSA) is 23.6 Å². The molecule has 1 atom stereocenters. The number of rotatable bonds is 6. The van der Waals surface area contributed by atoms with E-state index in [0.717, 1.165) is 24.2 Å². The molecule has 2 fully saturated rings. The molecule has 1 aromatic rings. The zero-order valence-corrected chi connectivity index (χ0v) is 16.8. The van der Waals surface area contributed by atoms with Gasteiger partial charge in [-0.3, -0.25) is 4.79 Å².